The van der Waals surface area contributed by atoms with Gasteiger partial charge in [-0.25, -0.2) is 0 Å². The Hall–Kier alpha value is -4.28. The van der Waals surface area contributed by atoms with Crippen molar-refractivity contribution in [3.8, 4) is 5.75 Å². The third-order valence-electron chi connectivity index (χ3n) is 8.39. The number of ether oxygens (including phenoxy) is 2. The minimum atomic E-state index is -0.528. The van der Waals surface area contributed by atoms with E-state index in [2.05, 4.69) is 43.1 Å². The van der Waals surface area contributed by atoms with Gasteiger partial charge in [0.1, 0.15) is 12.4 Å². The normalized spacial score (nSPS) is 19.8. The average molecular weight is 587 g/mol. The molecular weight excluding hydrogens is 548 g/mol. The van der Waals surface area contributed by atoms with Gasteiger partial charge in [0, 0.05) is 66.6 Å². The zero-order chi connectivity index (χ0) is 30.8. The number of amides is 2. The van der Waals surface area contributed by atoms with Crippen LogP contribution in [0.25, 0.3) is 0 Å². The number of anilines is 2. The summed E-state index contributed by atoms with van der Waals surface area (Å²) in [5.74, 6) is 0.272. The molecule has 2 heterocycles. The number of nitro benzene ring substituents is 1. The van der Waals surface area contributed by atoms with Crippen LogP contribution in [0.2, 0.25) is 0 Å². The maximum absolute atomic E-state index is 13.1. The van der Waals surface area contributed by atoms with Crippen molar-refractivity contribution >= 4 is 28.9 Å². The Morgan fingerprint density at radius 2 is 1.74 bits per heavy atom. The van der Waals surface area contributed by atoms with Crippen LogP contribution >= 0.6 is 0 Å². The molecule has 1 fully saturated rings. The van der Waals surface area contributed by atoms with Crippen molar-refractivity contribution in [2.45, 2.75) is 45.1 Å². The van der Waals surface area contributed by atoms with Gasteiger partial charge in [-0.1, -0.05) is 25.1 Å². The number of fused-ring (bicyclic) bond motifs is 1. The fraction of sp³-hybridized carbons (Fsp3) is 0.394. The number of nitrogens with one attached hydrogen (secondary N) is 1. The monoisotopic (exact) mass is 586 g/mol. The van der Waals surface area contributed by atoms with Crippen molar-refractivity contribution in [1.82, 2.24) is 4.90 Å². The van der Waals surface area contributed by atoms with E-state index in [9.17, 15) is 19.7 Å². The molecule has 0 aromatic heterocycles. The second kappa shape index (κ2) is 12.1. The van der Waals surface area contributed by atoms with Crippen LogP contribution in [0.5, 0.6) is 5.75 Å². The number of hydrogen-bond donors (Lipinski definition) is 1. The molecule has 2 aliphatic rings. The van der Waals surface area contributed by atoms with Crippen molar-refractivity contribution in [2.75, 3.05) is 49.7 Å². The minimum absolute atomic E-state index is 0.0642. The van der Waals surface area contributed by atoms with E-state index in [0.29, 0.717) is 18.7 Å². The fourth-order valence-electron chi connectivity index (χ4n) is 6.47. The molecule has 2 amide bonds. The number of morpholine rings is 1. The third-order valence-corrected chi connectivity index (χ3v) is 8.39. The number of carbonyl (C=O) groups is 2. The Kier molecular flexibility index (Phi) is 8.52. The molecule has 10 heteroatoms. The van der Waals surface area contributed by atoms with Gasteiger partial charge in [-0.05, 0) is 67.8 Å². The average Bonchev–Trinajstić information content (AvgIpc) is 2.98. The van der Waals surface area contributed by atoms with Crippen LogP contribution in [-0.4, -0.2) is 66.6 Å². The van der Waals surface area contributed by atoms with Gasteiger partial charge in [-0.15, -0.1) is 0 Å². The summed E-state index contributed by atoms with van der Waals surface area (Å²) in [4.78, 5) is 40.8. The second-order valence-corrected chi connectivity index (χ2v) is 12.0. The van der Waals surface area contributed by atoms with E-state index in [1.807, 2.05) is 29.2 Å². The van der Waals surface area contributed by atoms with E-state index in [4.69, 9.17) is 9.47 Å². The molecule has 0 bridgehead atoms. The van der Waals surface area contributed by atoms with Gasteiger partial charge in [0.25, 0.3) is 11.6 Å². The van der Waals surface area contributed by atoms with E-state index in [-0.39, 0.29) is 17.2 Å². The van der Waals surface area contributed by atoms with Crippen molar-refractivity contribution < 1.29 is 24.0 Å². The van der Waals surface area contributed by atoms with Crippen molar-refractivity contribution in [3.05, 3.63) is 93.5 Å². The molecule has 1 unspecified atom stereocenters. The second-order valence-electron chi connectivity index (χ2n) is 12.0. The van der Waals surface area contributed by atoms with Gasteiger partial charge >= 0.3 is 0 Å². The third kappa shape index (κ3) is 6.40. The molecule has 1 N–H and O–H groups in total. The van der Waals surface area contributed by atoms with Crippen molar-refractivity contribution in [3.63, 3.8) is 0 Å². The molecule has 2 aliphatic heterocycles. The highest BCUT2D eigenvalue weighted by Crippen LogP contribution is 2.51. The quantitative estimate of drug-likeness (QED) is 0.278. The van der Waals surface area contributed by atoms with Gasteiger partial charge in [-0.3, -0.25) is 24.6 Å². The molecule has 10 nitrogen and oxygen atoms in total. The Labute approximate surface area is 251 Å². The number of nitrogens with zero attached hydrogens (tertiary/aromatic N) is 3. The zero-order valence-electron chi connectivity index (χ0n) is 25.1. The Bertz CT molecular complexity index is 1520. The lowest BCUT2D eigenvalue weighted by Gasteiger charge is -2.51. The highest BCUT2D eigenvalue weighted by atomic mass is 16.6. The number of nitro groups is 1. The Balaban J connectivity index is 1.43. The van der Waals surface area contributed by atoms with E-state index < -0.39 is 21.8 Å². The Morgan fingerprint density at radius 1 is 1.02 bits per heavy atom. The molecule has 5 rings (SSSR count). The molecule has 3 aromatic carbocycles. The standard InChI is InChI=1S/C33H38N4O6/c1-23(38)36-30-13-10-26(34-31(39)24-6-5-7-27(20-24)37(40)41)21-29(30)33(4,22-32(36,2)3)25-8-11-28(12-9-25)43-19-16-35-14-17-42-18-15-35/h5-13,20-21H,14-19,22H2,1-4H3,(H,34,39). The van der Waals surface area contributed by atoms with Crippen LogP contribution in [0.15, 0.2) is 66.7 Å². The summed E-state index contributed by atoms with van der Waals surface area (Å²) in [5.41, 5.74) is 2.34. The van der Waals surface area contributed by atoms with Crippen LogP contribution < -0.4 is 15.0 Å². The van der Waals surface area contributed by atoms with Crippen molar-refractivity contribution in [1.29, 1.82) is 0 Å². The predicted octanol–water partition coefficient (Wildman–Crippen LogP) is 5.40. The molecular formula is C33H38N4O6. The minimum Gasteiger partial charge on any atom is -0.492 e. The fourth-order valence-corrected chi connectivity index (χ4v) is 6.47. The summed E-state index contributed by atoms with van der Waals surface area (Å²) in [6.07, 6.45) is 0.645. The molecule has 3 aromatic rings. The molecule has 1 saturated heterocycles. The van der Waals surface area contributed by atoms with Gasteiger partial charge in [0.15, 0.2) is 0 Å². The summed E-state index contributed by atoms with van der Waals surface area (Å²) in [7, 11) is 0. The molecule has 0 radical (unpaired) electrons. The Morgan fingerprint density at radius 3 is 2.42 bits per heavy atom. The first kappa shape index (κ1) is 30.2. The van der Waals surface area contributed by atoms with Crippen LogP contribution in [0.1, 0.15) is 55.6 Å². The maximum Gasteiger partial charge on any atom is 0.270 e. The molecule has 1 atom stereocenters. The zero-order valence-corrected chi connectivity index (χ0v) is 25.1. The van der Waals surface area contributed by atoms with E-state index in [1.54, 1.807) is 13.0 Å². The van der Waals surface area contributed by atoms with Gasteiger partial charge in [0.05, 0.1) is 18.1 Å². The summed E-state index contributed by atoms with van der Waals surface area (Å²) >= 11 is 0. The highest BCUT2D eigenvalue weighted by Gasteiger charge is 2.47. The smallest absolute Gasteiger partial charge is 0.270 e. The summed E-state index contributed by atoms with van der Waals surface area (Å²) in [5, 5.41) is 14.1. The first-order valence-corrected chi connectivity index (χ1v) is 14.5. The first-order chi connectivity index (χ1) is 20.5. The number of rotatable bonds is 8. The summed E-state index contributed by atoms with van der Waals surface area (Å²) in [6, 6.07) is 19.3. The van der Waals surface area contributed by atoms with Gasteiger partial charge < -0.3 is 19.7 Å². The lowest BCUT2D eigenvalue weighted by molar-refractivity contribution is -0.384. The predicted molar refractivity (Wildman–Crippen MR) is 165 cm³/mol. The topological polar surface area (TPSA) is 114 Å². The molecule has 43 heavy (non-hydrogen) atoms. The van der Waals surface area contributed by atoms with Crippen molar-refractivity contribution in [2.24, 2.45) is 0 Å². The molecule has 0 spiro atoms. The molecule has 0 saturated carbocycles. The van der Waals surface area contributed by atoms with Crippen LogP contribution in [0.3, 0.4) is 0 Å². The van der Waals surface area contributed by atoms with Crippen LogP contribution in [-0.2, 0) is 14.9 Å². The van der Waals surface area contributed by atoms with Gasteiger partial charge in [-0.2, -0.15) is 0 Å². The maximum atomic E-state index is 13.1. The van der Waals surface area contributed by atoms with Gasteiger partial charge in [0.2, 0.25) is 5.91 Å². The number of non-ortho nitro benzene ring substituents is 1. The van der Waals surface area contributed by atoms with Crippen LogP contribution in [0.4, 0.5) is 17.1 Å². The summed E-state index contributed by atoms with van der Waals surface area (Å²) in [6.45, 7) is 12.6. The first-order valence-electron chi connectivity index (χ1n) is 14.5. The number of benzene rings is 3. The van der Waals surface area contributed by atoms with E-state index >= 15 is 0 Å². The summed E-state index contributed by atoms with van der Waals surface area (Å²) < 4.78 is 11.5. The SMILES string of the molecule is CC(=O)N1c2ccc(NC(=O)c3cccc([N+](=O)[O-])c3)cc2C(C)(c2ccc(OCCN3CCOCC3)cc2)CC1(C)C. The van der Waals surface area contributed by atoms with E-state index in [1.165, 1.54) is 24.3 Å². The lowest BCUT2D eigenvalue weighted by atomic mass is 9.65. The molecule has 226 valence electrons. The van der Waals surface area contributed by atoms with E-state index in [0.717, 1.165) is 55.4 Å². The highest BCUT2D eigenvalue weighted by molar-refractivity contribution is 6.05. The number of hydrogen-bond acceptors (Lipinski definition) is 7. The molecule has 0 aliphatic carbocycles. The largest absolute Gasteiger partial charge is 0.492 e. The lowest BCUT2D eigenvalue weighted by Crippen LogP contribution is -2.55. The van der Waals surface area contributed by atoms with Crippen LogP contribution in [0, 0.1) is 10.1 Å². The number of carbonyl (C=O) groups excluding carboxylic acids is 2.